The van der Waals surface area contributed by atoms with E-state index in [2.05, 4.69) is 4.99 Å². The van der Waals surface area contributed by atoms with E-state index in [1.54, 1.807) is 49.4 Å². The molecule has 170 valence electrons. The van der Waals surface area contributed by atoms with Crippen molar-refractivity contribution in [2.45, 2.75) is 13.0 Å². The molecule has 9 heteroatoms. The van der Waals surface area contributed by atoms with E-state index < -0.39 is 23.4 Å². The molecule has 33 heavy (non-hydrogen) atoms. The van der Waals surface area contributed by atoms with Crippen LogP contribution in [0.2, 0.25) is 5.02 Å². The number of nitrogens with zero attached hydrogens (tertiary/aromatic N) is 2. The standard InChI is InChI=1S/C24H20ClFN2O4S/c1-14-20(23(30)32-12-11-31-2)21(16-8-4-5-9-17(16)25)28-22(29)19(33-24(28)27-14)13-15-7-3-6-10-18(15)26/h3-10,13,21H,11-12H2,1-2H3/b19-13-. The van der Waals surface area contributed by atoms with Crippen molar-refractivity contribution in [3.05, 3.63) is 101 Å². The highest BCUT2D eigenvalue weighted by Gasteiger charge is 2.34. The van der Waals surface area contributed by atoms with Gasteiger partial charge in [-0.3, -0.25) is 9.36 Å². The molecule has 1 unspecified atom stereocenters. The van der Waals surface area contributed by atoms with Crippen molar-refractivity contribution in [3.8, 4) is 0 Å². The summed E-state index contributed by atoms with van der Waals surface area (Å²) in [5.41, 5.74) is 1.07. The largest absolute Gasteiger partial charge is 0.460 e. The van der Waals surface area contributed by atoms with Gasteiger partial charge in [-0.2, -0.15) is 0 Å². The summed E-state index contributed by atoms with van der Waals surface area (Å²) in [6.07, 6.45) is 1.48. The Balaban J connectivity index is 1.92. The maximum Gasteiger partial charge on any atom is 0.338 e. The fraction of sp³-hybridized carbons (Fsp3) is 0.208. The molecule has 0 fully saturated rings. The molecule has 1 atom stereocenters. The van der Waals surface area contributed by atoms with Crippen molar-refractivity contribution in [3.63, 3.8) is 0 Å². The van der Waals surface area contributed by atoms with Crippen LogP contribution >= 0.6 is 22.9 Å². The smallest absolute Gasteiger partial charge is 0.338 e. The molecule has 1 aliphatic rings. The maximum atomic E-state index is 14.2. The Bertz CT molecular complexity index is 1430. The van der Waals surface area contributed by atoms with Gasteiger partial charge in [0.1, 0.15) is 18.5 Å². The maximum absolute atomic E-state index is 14.2. The zero-order valence-corrected chi connectivity index (χ0v) is 19.5. The zero-order chi connectivity index (χ0) is 23.5. The topological polar surface area (TPSA) is 69.9 Å². The summed E-state index contributed by atoms with van der Waals surface area (Å²) < 4.78 is 26.2. The minimum atomic E-state index is -0.840. The molecule has 6 nitrogen and oxygen atoms in total. The summed E-state index contributed by atoms with van der Waals surface area (Å²) in [5.74, 6) is -1.05. The summed E-state index contributed by atoms with van der Waals surface area (Å²) in [7, 11) is 1.51. The number of methoxy groups -OCH3 is 1. The van der Waals surface area contributed by atoms with Gasteiger partial charge in [0.15, 0.2) is 4.80 Å². The average Bonchev–Trinajstić information content (AvgIpc) is 3.09. The molecule has 0 saturated heterocycles. The minimum absolute atomic E-state index is 0.0546. The second kappa shape index (κ2) is 9.82. The number of fused-ring (bicyclic) bond motifs is 1. The summed E-state index contributed by atoms with van der Waals surface area (Å²) in [6.45, 7) is 1.97. The summed E-state index contributed by atoms with van der Waals surface area (Å²) in [6, 6.07) is 12.3. The van der Waals surface area contributed by atoms with Crippen LogP contribution < -0.4 is 14.9 Å². The van der Waals surface area contributed by atoms with Crippen LogP contribution in [0.3, 0.4) is 0 Å². The molecule has 0 radical (unpaired) electrons. The second-order valence-electron chi connectivity index (χ2n) is 7.25. The predicted octanol–water partition coefficient (Wildman–Crippen LogP) is 3.22. The number of carbonyl (C=O) groups excluding carboxylic acids is 1. The quantitative estimate of drug-likeness (QED) is 0.396. The van der Waals surface area contributed by atoms with E-state index in [-0.39, 0.29) is 28.9 Å². The SMILES string of the molecule is COCCOC(=O)C1=C(C)N=c2s/c(=C\c3ccccc3F)c(=O)n2C1c1ccccc1Cl. The van der Waals surface area contributed by atoms with Crippen LogP contribution in [0.5, 0.6) is 0 Å². The fourth-order valence-corrected chi connectivity index (χ4v) is 4.88. The van der Waals surface area contributed by atoms with Gasteiger partial charge in [-0.1, -0.05) is 59.3 Å². The number of thiazole rings is 1. The monoisotopic (exact) mass is 486 g/mol. The van der Waals surface area contributed by atoms with Gasteiger partial charge in [-0.05, 0) is 30.7 Å². The molecule has 0 spiro atoms. The number of allylic oxidation sites excluding steroid dienone is 1. The Morgan fingerprint density at radius 2 is 1.94 bits per heavy atom. The number of ether oxygens (including phenoxy) is 2. The average molecular weight is 487 g/mol. The van der Waals surface area contributed by atoms with Crippen molar-refractivity contribution in [2.24, 2.45) is 4.99 Å². The minimum Gasteiger partial charge on any atom is -0.460 e. The molecule has 0 bridgehead atoms. The van der Waals surface area contributed by atoms with E-state index in [9.17, 15) is 14.0 Å². The van der Waals surface area contributed by atoms with Crippen LogP contribution in [0.1, 0.15) is 24.1 Å². The number of rotatable bonds is 6. The molecule has 4 rings (SSSR count). The van der Waals surface area contributed by atoms with E-state index in [0.29, 0.717) is 21.1 Å². The molecule has 0 amide bonds. The van der Waals surface area contributed by atoms with Crippen LogP contribution in [-0.2, 0) is 14.3 Å². The highest BCUT2D eigenvalue weighted by molar-refractivity contribution is 7.07. The molecular formula is C24H20ClFN2O4S. The van der Waals surface area contributed by atoms with Crippen LogP contribution in [0.15, 0.2) is 69.6 Å². The van der Waals surface area contributed by atoms with E-state index >= 15 is 0 Å². The number of hydrogen-bond donors (Lipinski definition) is 0. The van der Waals surface area contributed by atoms with E-state index in [1.807, 2.05) is 0 Å². The normalized spacial score (nSPS) is 15.9. The Morgan fingerprint density at radius 3 is 2.67 bits per heavy atom. The Kier molecular flexibility index (Phi) is 6.88. The first-order valence-corrected chi connectivity index (χ1v) is 11.3. The molecular weight excluding hydrogens is 467 g/mol. The van der Waals surface area contributed by atoms with Gasteiger partial charge < -0.3 is 9.47 Å². The first-order chi connectivity index (χ1) is 15.9. The molecule has 0 N–H and O–H groups in total. The number of carbonyl (C=O) groups is 1. The van der Waals surface area contributed by atoms with Gasteiger partial charge >= 0.3 is 5.97 Å². The number of hydrogen-bond acceptors (Lipinski definition) is 6. The van der Waals surface area contributed by atoms with Crippen molar-refractivity contribution in [2.75, 3.05) is 20.3 Å². The van der Waals surface area contributed by atoms with E-state index in [4.69, 9.17) is 21.1 Å². The van der Waals surface area contributed by atoms with E-state index in [1.165, 1.54) is 23.8 Å². The van der Waals surface area contributed by atoms with Gasteiger partial charge in [0, 0.05) is 17.7 Å². The lowest BCUT2D eigenvalue weighted by molar-refractivity contribution is -0.140. The molecule has 2 heterocycles. The van der Waals surface area contributed by atoms with Crippen molar-refractivity contribution in [1.29, 1.82) is 0 Å². The Hall–Kier alpha value is -3.07. The second-order valence-corrected chi connectivity index (χ2v) is 8.67. The number of halogens is 2. The fourth-order valence-electron chi connectivity index (χ4n) is 3.60. The molecule has 1 aromatic heterocycles. The highest BCUT2D eigenvalue weighted by atomic mass is 35.5. The summed E-state index contributed by atoms with van der Waals surface area (Å²) >= 11 is 7.60. The van der Waals surface area contributed by atoms with Crippen LogP contribution in [0.25, 0.3) is 6.08 Å². The lowest BCUT2D eigenvalue weighted by Crippen LogP contribution is -2.40. The summed E-state index contributed by atoms with van der Waals surface area (Å²) in [5, 5.41) is 0.392. The van der Waals surface area contributed by atoms with Gasteiger partial charge in [0.05, 0.1) is 22.4 Å². The third-order valence-corrected chi connectivity index (χ3v) is 6.48. The molecule has 3 aromatic rings. The zero-order valence-electron chi connectivity index (χ0n) is 17.9. The first kappa shape index (κ1) is 23.1. The Morgan fingerprint density at radius 1 is 1.21 bits per heavy atom. The number of benzene rings is 2. The first-order valence-electron chi connectivity index (χ1n) is 10.1. The molecule has 0 saturated carbocycles. The van der Waals surface area contributed by atoms with Crippen molar-refractivity contribution in [1.82, 2.24) is 4.57 Å². The van der Waals surface area contributed by atoms with Gasteiger partial charge in [0.25, 0.3) is 5.56 Å². The van der Waals surface area contributed by atoms with Crippen LogP contribution in [0, 0.1) is 5.82 Å². The van der Waals surface area contributed by atoms with Gasteiger partial charge in [0.2, 0.25) is 0 Å². The summed E-state index contributed by atoms with van der Waals surface area (Å²) in [4.78, 5) is 31.4. The third kappa shape index (κ3) is 4.55. The Labute approximate surface area is 197 Å². The predicted molar refractivity (Wildman–Crippen MR) is 124 cm³/mol. The number of esters is 1. The third-order valence-electron chi connectivity index (χ3n) is 5.15. The van der Waals surface area contributed by atoms with Gasteiger partial charge in [-0.25, -0.2) is 14.2 Å². The van der Waals surface area contributed by atoms with Crippen LogP contribution in [-0.4, -0.2) is 30.9 Å². The van der Waals surface area contributed by atoms with Gasteiger partial charge in [-0.15, -0.1) is 0 Å². The van der Waals surface area contributed by atoms with Crippen molar-refractivity contribution < 1.29 is 18.7 Å². The lowest BCUT2D eigenvalue weighted by Gasteiger charge is -2.25. The highest BCUT2D eigenvalue weighted by Crippen LogP contribution is 2.34. The molecule has 0 aliphatic carbocycles. The van der Waals surface area contributed by atoms with E-state index in [0.717, 1.165) is 11.3 Å². The van der Waals surface area contributed by atoms with Crippen LogP contribution in [0.4, 0.5) is 4.39 Å². The molecule has 1 aliphatic heterocycles. The lowest BCUT2D eigenvalue weighted by atomic mass is 9.96. The van der Waals surface area contributed by atoms with Crippen molar-refractivity contribution >= 4 is 35.0 Å². The molecule has 2 aromatic carbocycles. The number of aromatic nitrogens is 1.